The molecule has 5 rings (SSSR count). The van der Waals surface area contributed by atoms with Gasteiger partial charge in [0.05, 0.1) is 11.0 Å². The molecule has 3 heterocycles. The quantitative estimate of drug-likeness (QED) is 0.818. The molecule has 2 aliphatic heterocycles. The molecule has 3 aliphatic rings. The molecule has 0 spiro atoms. The fourth-order valence-electron chi connectivity index (χ4n) is 4.74. The molecule has 1 aromatic carbocycles. The maximum atomic E-state index is 14.1. The Bertz CT molecular complexity index is 798. The van der Waals surface area contributed by atoms with Crippen molar-refractivity contribution in [1.82, 2.24) is 14.5 Å². The fourth-order valence-corrected chi connectivity index (χ4v) is 4.74. The lowest BCUT2D eigenvalue weighted by Crippen LogP contribution is -2.41. The van der Waals surface area contributed by atoms with Crippen LogP contribution in [0, 0.1) is 0 Å². The number of imidazole rings is 1. The number of anilines is 1. The predicted octanol–water partition coefficient (Wildman–Crippen LogP) is 3.78. The third-order valence-electron chi connectivity index (χ3n) is 6.81. The van der Waals surface area contributed by atoms with Crippen LogP contribution in [0.2, 0.25) is 0 Å². The van der Waals surface area contributed by atoms with Gasteiger partial charge in [-0.25, -0.2) is 9.37 Å². The van der Waals surface area contributed by atoms with Crippen molar-refractivity contribution in [1.29, 1.82) is 0 Å². The summed E-state index contributed by atoms with van der Waals surface area (Å²) in [7, 11) is 0. The highest BCUT2D eigenvalue weighted by atomic mass is 19.1. The van der Waals surface area contributed by atoms with Crippen LogP contribution < -0.4 is 4.90 Å². The molecule has 0 N–H and O–H groups in total. The molecule has 26 heavy (non-hydrogen) atoms. The number of aromatic nitrogens is 2. The smallest absolute Gasteiger partial charge is 0.111 e. The number of hydrogen-bond donors (Lipinski definition) is 0. The second kappa shape index (κ2) is 6.22. The monoisotopic (exact) mass is 356 g/mol. The molecule has 2 aromatic rings. The van der Waals surface area contributed by atoms with Crippen molar-refractivity contribution in [2.45, 2.75) is 63.7 Å². The second-order valence-electron chi connectivity index (χ2n) is 8.62. The van der Waals surface area contributed by atoms with Crippen LogP contribution in [0.5, 0.6) is 0 Å². The molecule has 5 heteroatoms. The van der Waals surface area contributed by atoms with Crippen molar-refractivity contribution >= 4 is 16.7 Å². The Hall–Kier alpha value is -1.62. The number of rotatable bonds is 2. The van der Waals surface area contributed by atoms with E-state index >= 15 is 0 Å². The van der Waals surface area contributed by atoms with Gasteiger partial charge >= 0.3 is 0 Å². The van der Waals surface area contributed by atoms with E-state index in [1.54, 1.807) is 6.92 Å². The Morgan fingerprint density at radius 2 is 1.88 bits per heavy atom. The highest BCUT2D eigenvalue weighted by Crippen LogP contribution is 2.31. The van der Waals surface area contributed by atoms with E-state index in [4.69, 9.17) is 4.98 Å². The molecule has 0 unspecified atom stereocenters. The highest BCUT2D eigenvalue weighted by molar-refractivity contribution is 5.80. The summed E-state index contributed by atoms with van der Waals surface area (Å²) < 4.78 is 16.5. The zero-order valence-electron chi connectivity index (χ0n) is 15.8. The Kier molecular flexibility index (Phi) is 3.96. The largest absolute Gasteiger partial charge is 0.371 e. The maximum Gasteiger partial charge on any atom is 0.111 e. The van der Waals surface area contributed by atoms with Crippen molar-refractivity contribution in [3.63, 3.8) is 0 Å². The van der Waals surface area contributed by atoms with Crippen molar-refractivity contribution in [3.8, 4) is 0 Å². The van der Waals surface area contributed by atoms with E-state index < -0.39 is 5.67 Å². The van der Waals surface area contributed by atoms with Crippen LogP contribution in [-0.4, -0.2) is 52.3 Å². The SMILES string of the molecule is CC1(F)CCN(c2ccc3c(c2)nc2n3CCN(C3CCC3)CC2)CC1. The number of benzene rings is 1. The minimum Gasteiger partial charge on any atom is -0.371 e. The minimum absolute atomic E-state index is 0.613. The van der Waals surface area contributed by atoms with E-state index in [-0.39, 0.29) is 0 Å². The molecule has 0 radical (unpaired) electrons. The summed E-state index contributed by atoms with van der Waals surface area (Å²) in [6.07, 6.45) is 6.42. The zero-order chi connectivity index (χ0) is 17.7. The van der Waals surface area contributed by atoms with Gasteiger partial charge < -0.3 is 9.47 Å². The van der Waals surface area contributed by atoms with Gasteiger partial charge in [0.2, 0.25) is 0 Å². The number of fused-ring (bicyclic) bond motifs is 3. The summed E-state index contributed by atoms with van der Waals surface area (Å²) in [6, 6.07) is 7.45. The number of hydrogen-bond acceptors (Lipinski definition) is 3. The van der Waals surface area contributed by atoms with Gasteiger partial charge in [-0.15, -0.1) is 0 Å². The molecule has 0 atom stereocenters. The Morgan fingerprint density at radius 3 is 2.62 bits per heavy atom. The Morgan fingerprint density at radius 1 is 1.08 bits per heavy atom. The first-order chi connectivity index (χ1) is 12.6. The molecule has 1 saturated heterocycles. The maximum absolute atomic E-state index is 14.1. The standard InChI is InChI=1S/C21H29FN4/c1-21(22)8-11-25(12-9-21)17-5-6-19-18(15-17)23-20-7-10-24(13-14-26(19)20)16-3-2-4-16/h5-6,15-16H,2-4,7-14H2,1H3. The van der Waals surface area contributed by atoms with E-state index in [2.05, 4.69) is 32.6 Å². The predicted molar refractivity (Wildman–Crippen MR) is 104 cm³/mol. The van der Waals surface area contributed by atoms with Crippen LogP contribution in [0.4, 0.5) is 10.1 Å². The Labute approximate surface area is 155 Å². The normalized spacial score (nSPS) is 24.3. The van der Waals surface area contributed by atoms with Gasteiger partial charge in [0.15, 0.2) is 0 Å². The number of halogens is 1. The van der Waals surface area contributed by atoms with Gasteiger partial charge in [-0.2, -0.15) is 0 Å². The fraction of sp³-hybridized carbons (Fsp3) is 0.667. The molecule has 1 aromatic heterocycles. The number of nitrogens with zero attached hydrogens (tertiary/aromatic N) is 4. The summed E-state index contributed by atoms with van der Waals surface area (Å²) in [5.41, 5.74) is 2.55. The van der Waals surface area contributed by atoms with Crippen LogP contribution in [0.15, 0.2) is 18.2 Å². The van der Waals surface area contributed by atoms with E-state index in [0.29, 0.717) is 12.8 Å². The third kappa shape index (κ3) is 2.90. The first-order valence-corrected chi connectivity index (χ1v) is 10.3. The van der Waals surface area contributed by atoms with Crippen molar-refractivity contribution in [2.75, 3.05) is 31.1 Å². The summed E-state index contributed by atoms with van der Waals surface area (Å²) in [6.45, 7) is 6.65. The third-order valence-corrected chi connectivity index (χ3v) is 6.81. The lowest BCUT2D eigenvalue weighted by Gasteiger charge is -2.36. The molecule has 2 fully saturated rings. The van der Waals surface area contributed by atoms with Gasteiger partial charge in [0, 0.05) is 50.9 Å². The average molecular weight is 356 g/mol. The van der Waals surface area contributed by atoms with Gasteiger partial charge in [-0.05, 0) is 50.8 Å². The summed E-state index contributed by atoms with van der Waals surface area (Å²) >= 11 is 0. The van der Waals surface area contributed by atoms with Crippen LogP contribution >= 0.6 is 0 Å². The first-order valence-electron chi connectivity index (χ1n) is 10.3. The summed E-state index contributed by atoms with van der Waals surface area (Å²) in [4.78, 5) is 9.95. The van der Waals surface area contributed by atoms with Crippen LogP contribution in [0.25, 0.3) is 11.0 Å². The average Bonchev–Trinajstić information content (AvgIpc) is 2.80. The van der Waals surface area contributed by atoms with Gasteiger partial charge in [-0.3, -0.25) is 4.90 Å². The number of piperidine rings is 1. The lowest BCUT2D eigenvalue weighted by molar-refractivity contribution is 0.130. The van der Waals surface area contributed by atoms with Gasteiger partial charge in [-0.1, -0.05) is 6.42 Å². The molecule has 0 amide bonds. The summed E-state index contributed by atoms with van der Waals surface area (Å²) in [5, 5.41) is 0. The minimum atomic E-state index is -1.00. The molecule has 1 aliphatic carbocycles. The lowest BCUT2D eigenvalue weighted by atomic mass is 9.91. The summed E-state index contributed by atoms with van der Waals surface area (Å²) in [5.74, 6) is 1.23. The molecule has 140 valence electrons. The van der Waals surface area contributed by atoms with Gasteiger partial charge in [0.1, 0.15) is 11.5 Å². The van der Waals surface area contributed by atoms with E-state index in [9.17, 15) is 4.39 Å². The van der Waals surface area contributed by atoms with Crippen LogP contribution in [0.3, 0.4) is 0 Å². The van der Waals surface area contributed by atoms with E-state index in [1.807, 2.05) is 0 Å². The molecular weight excluding hydrogens is 327 g/mol. The van der Waals surface area contributed by atoms with Crippen LogP contribution in [0.1, 0.15) is 44.9 Å². The van der Waals surface area contributed by atoms with Crippen molar-refractivity contribution in [2.24, 2.45) is 0 Å². The second-order valence-corrected chi connectivity index (χ2v) is 8.62. The topological polar surface area (TPSA) is 24.3 Å². The Balaban J connectivity index is 1.37. The highest BCUT2D eigenvalue weighted by Gasteiger charge is 2.30. The van der Waals surface area contributed by atoms with Gasteiger partial charge in [0.25, 0.3) is 0 Å². The molecule has 4 nitrogen and oxygen atoms in total. The van der Waals surface area contributed by atoms with Crippen LogP contribution in [-0.2, 0) is 13.0 Å². The van der Waals surface area contributed by atoms with E-state index in [0.717, 1.165) is 50.7 Å². The van der Waals surface area contributed by atoms with Crippen molar-refractivity contribution < 1.29 is 4.39 Å². The van der Waals surface area contributed by atoms with Crippen molar-refractivity contribution in [3.05, 3.63) is 24.0 Å². The molecule has 0 bridgehead atoms. The first kappa shape index (κ1) is 16.5. The number of alkyl halides is 1. The van der Waals surface area contributed by atoms with E-state index in [1.165, 1.54) is 36.3 Å². The molecular formula is C21H29FN4. The zero-order valence-corrected chi connectivity index (χ0v) is 15.8. The molecule has 1 saturated carbocycles.